The highest BCUT2D eigenvalue weighted by atomic mass is 32.1. The smallest absolute Gasteiger partial charge is 0.213 e. The van der Waals surface area contributed by atoms with E-state index in [1.54, 1.807) is 6.20 Å². The molecule has 1 aliphatic rings. The second-order valence-corrected chi connectivity index (χ2v) is 5.20. The SMILES string of the molecule is CC1CCCC(Oc2ccc(C(N)=S)cn2)C1. The van der Waals surface area contributed by atoms with Gasteiger partial charge in [-0.05, 0) is 31.2 Å². The molecule has 0 bridgehead atoms. The summed E-state index contributed by atoms with van der Waals surface area (Å²) in [5.74, 6) is 1.42. The van der Waals surface area contributed by atoms with Gasteiger partial charge in [-0.2, -0.15) is 0 Å². The van der Waals surface area contributed by atoms with Gasteiger partial charge in [0, 0.05) is 17.8 Å². The van der Waals surface area contributed by atoms with Crippen LogP contribution in [0.4, 0.5) is 0 Å². The second kappa shape index (κ2) is 5.45. The first-order valence-electron chi connectivity index (χ1n) is 6.07. The molecule has 2 N–H and O–H groups in total. The van der Waals surface area contributed by atoms with E-state index in [1.165, 1.54) is 12.8 Å². The van der Waals surface area contributed by atoms with Crippen molar-refractivity contribution < 1.29 is 4.74 Å². The van der Waals surface area contributed by atoms with E-state index in [0.29, 0.717) is 17.0 Å². The van der Waals surface area contributed by atoms with Crippen LogP contribution in [0.3, 0.4) is 0 Å². The van der Waals surface area contributed by atoms with Crippen LogP contribution in [0.25, 0.3) is 0 Å². The third-order valence-corrected chi connectivity index (χ3v) is 3.43. The lowest BCUT2D eigenvalue weighted by Crippen LogP contribution is -2.24. The number of hydrogen-bond donors (Lipinski definition) is 1. The Morgan fingerprint density at radius 1 is 1.47 bits per heavy atom. The van der Waals surface area contributed by atoms with Gasteiger partial charge in [-0.15, -0.1) is 0 Å². The topological polar surface area (TPSA) is 48.1 Å². The van der Waals surface area contributed by atoms with Crippen LogP contribution in [0, 0.1) is 5.92 Å². The van der Waals surface area contributed by atoms with Gasteiger partial charge >= 0.3 is 0 Å². The van der Waals surface area contributed by atoms with E-state index in [0.717, 1.165) is 24.3 Å². The number of rotatable bonds is 3. The number of aromatic nitrogens is 1. The maximum atomic E-state index is 5.87. The maximum Gasteiger partial charge on any atom is 0.213 e. The van der Waals surface area contributed by atoms with Crippen LogP contribution in [0.2, 0.25) is 0 Å². The van der Waals surface area contributed by atoms with E-state index >= 15 is 0 Å². The van der Waals surface area contributed by atoms with E-state index in [9.17, 15) is 0 Å². The van der Waals surface area contributed by atoms with Crippen molar-refractivity contribution in [3.8, 4) is 5.88 Å². The Morgan fingerprint density at radius 3 is 2.88 bits per heavy atom. The summed E-state index contributed by atoms with van der Waals surface area (Å²) >= 11 is 4.88. The molecular formula is C13H18N2OS. The minimum absolute atomic E-state index is 0.307. The molecule has 0 radical (unpaired) electrons. The fourth-order valence-corrected chi connectivity index (χ4v) is 2.37. The Morgan fingerprint density at radius 2 is 2.29 bits per heavy atom. The molecule has 1 fully saturated rings. The van der Waals surface area contributed by atoms with Gasteiger partial charge in [0.05, 0.1) is 0 Å². The summed E-state index contributed by atoms with van der Waals surface area (Å²) in [5, 5.41) is 0. The molecular weight excluding hydrogens is 232 g/mol. The zero-order valence-electron chi connectivity index (χ0n) is 10.1. The van der Waals surface area contributed by atoms with Crippen LogP contribution in [-0.4, -0.2) is 16.1 Å². The van der Waals surface area contributed by atoms with Crippen LogP contribution in [0.5, 0.6) is 5.88 Å². The van der Waals surface area contributed by atoms with Gasteiger partial charge < -0.3 is 10.5 Å². The summed E-state index contributed by atoms with van der Waals surface area (Å²) in [4.78, 5) is 4.60. The molecule has 0 aliphatic heterocycles. The fraction of sp³-hybridized carbons (Fsp3) is 0.538. The molecule has 17 heavy (non-hydrogen) atoms. The normalized spacial score (nSPS) is 24.3. The van der Waals surface area contributed by atoms with Crippen LogP contribution in [-0.2, 0) is 0 Å². The van der Waals surface area contributed by atoms with Crippen molar-refractivity contribution in [2.24, 2.45) is 11.7 Å². The van der Waals surface area contributed by atoms with Crippen molar-refractivity contribution in [2.75, 3.05) is 0 Å². The number of ether oxygens (including phenoxy) is 1. The predicted molar refractivity (Wildman–Crippen MR) is 72.2 cm³/mol. The highest BCUT2D eigenvalue weighted by Gasteiger charge is 2.20. The summed E-state index contributed by atoms with van der Waals surface area (Å²) in [6, 6.07) is 3.70. The van der Waals surface area contributed by atoms with Gasteiger partial charge in [-0.3, -0.25) is 0 Å². The average Bonchev–Trinajstić information content (AvgIpc) is 2.29. The number of nitrogens with two attached hydrogens (primary N) is 1. The Kier molecular flexibility index (Phi) is 3.94. The van der Waals surface area contributed by atoms with Gasteiger partial charge in [0.25, 0.3) is 0 Å². The molecule has 3 nitrogen and oxygen atoms in total. The lowest BCUT2D eigenvalue weighted by atomic mass is 9.89. The highest BCUT2D eigenvalue weighted by molar-refractivity contribution is 7.80. The van der Waals surface area contributed by atoms with Gasteiger partial charge in [0.2, 0.25) is 5.88 Å². The van der Waals surface area contributed by atoms with E-state index in [1.807, 2.05) is 12.1 Å². The number of thiocarbonyl (C=S) groups is 1. The van der Waals surface area contributed by atoms with Crippen LogP contribution in [0.15, 0.2) is 18.3 Å². The van der Waals surface area contributed by atoms with Gasteiger partial charge in [0.15, 0.2) is 0 Å². The first-order valence-corrected chi connectivity index (χ1v) is 6.48. The summed E-state index contributed by atoms with van der Waals surface area (Å²) in [7, 11) is 0. The largest absolute Gasteiger partial charge is 0.474 e. The van der Waals surface area contributed by atoms with Gasteiger partial charge in [-0.1, -0.05) is 25.6 Å². The molecule has 1 saturated carbocycles. The third-order valence-electron chi connectivity index (χ3n) is 3.20. The monoisotopic (exact) mass is 250 g/mol. The Hall–Kier alpha value is -1.16. The first-order chi connectivity index (χ1) is 8.15. The third kappa shape index (κ3) is 3.40. The van der Waals surface area contributed by atoms with Crippen LogP contribution >= 0.6 is 12.2 Å². The lowest BCUT2D eigenvalue weighted by Gasteiger charge is -2.26. The van der Waals surface area contributed by atoms with E-state index in [4.69, 9.17) is 22.7 Å². The minimum atomic E-state index is 0.307. The summed E-state index contributed by atoms with van der Waals surface area (Å²) in [6.07, 6.45) is 6.79. The fourth-order valence-electron chi connectivity index (χ4n) is 2.25. The number of hydrogen-bond acceptors (Lipinski definition) is 3. The summed E-state index contributed by atoms with van der Waals surface area (Å²) in [5.41, 5.74) is 6.30. The summed E-state index contributed by atoms with van der Waals surface area (Å²) in [6.45, 7) is 2.28. The van der Waals surface area contributed by atoms with Crippen molar-refractivity contribution in [3.63, 3.8) is 0 Å². The molecule has 1 aromatic rings. The van der Waals surface area contributed by atoms with Gasteiger partial charge in [0.1, 0.15) is 11.1 Å². The molecule has 2 atom stereocenters. The molecule has 1 heterocycles. The second-order valence-electron chi connectivity index (χ2n) is 4.76. The molecule has 0 aromatic carbocycles. The highest BCUT2D eigenvalue weighted by Crippen LogP contribution is 2.26. The molecule has 2 unspecified atom stereocenters. The van der Waals surface area contributed by atoms with Crippen molar-refractivity contribution in [3.05, 3.63) is 23.9 Å². The van der Waals surface area contributed by atoms with E-state index < -0.39 is 0 Å². The number of pyridine rings is 1. The van der Waals surface area contributed by atoms with Crippen LogP contribution in [0.1, 0.15) is 38.2 Å². The zero-order valence-corrected chi connectivity index (χ0v) is 10.9. The lowest BCUT2D eigenvalue weighted by molar-refractivity contribution is 0.124. The quantitative estimate of drug-likeness (QED) is 0.838. The molecule has 1 aliphatic carbocycles. The molecule has 0 saturated heterocycles. The van der Waals surface area contributed by atoms with Crippen molar-refractivity contribution >= 4 is 17.2 Å². The first kappa shape index (κ1) is 12.3. The zero-order chi connectivity index (χ0) is 12.3. The summed E-state index contributed by atoms with van der Waals surface area (Å²) < 4.78 is 5.87. The van der Waals surface area contributed by atoms with Gasteiger partial charge in [-0.25, -0.2) is 4.98 Å². The number of nitrogens with zero attached hydrogens (tertiary/aromatic N) is 1. The molecule has 0 amide bonds. The van der Waals surface area contributed by atoms with Crippen molar-refractivity contribution in [2.45, 2.75) is 38.7 Å². The Balaban J connectivity index is 1.96. The Bertz CT molecular complexity index is 391. The van der Waals surface area contributed by atoms with Crippen LogP contribution < -0.4 is 10.5 Å². The molecule has 92 valence electrons. The van der Waals surface area contributed by atoms with E-state index in [-0.39, 0.29) is 0 Å². The molecule has 1 aromatic heterocycles. The standard InChI is InChI=1S/C13H18N2OS/c1-9-3-2-4-11(7-9)16-12-6-5-10(8-15-12)13(14)17/h5-6,8-9,11H,2-4,7H2,1H3,(H2,14,17). The molecule has 4 heteroatoms. The molecule has 2 rings (SSSR count). The average molecular weight is 250 g/mol. The van der Waals surface area contributed by atoms with Crippen molar-refractivity contribution in [1.29, 1.82) is 0 Å². The molecule has 0 spiro atoms. The predicted octanol–water partition coefficient (Wildman–Crippen LogP) is 2.67. The van der Waals surface area contributed by atoms with Crippen molar-refractivity contribution in [1.82, 2.24) is 4.98 Å². The maximum absolute atomic E-state index is 5.87. The Labute approximate surface area is 107 Å². The van der Waals surface area contributed by atoms with E-state index in [2.05, 4.69) is 11.9 Å². The minimum Gasteiger partial charge on any atom is -0.474 e.